The summed E-state index contributed by atoms with van der Waals surface area (Å²) in [6.07, 6.45) is 0. The van der Waals surface area contributed by atoms with Gasteiger partial charge in [0.1, 0.15) is 0 Å². The average Bonchev–Trinajstić information content (AvgIpc) is 3.33. The van der Waals surface area contributed by atoms with Crippen molar-refractivity contribution in [2.24, 2.45) is 0 Å². The van der Waals surface area contributed by atoms with Crippen LogP contribution in [0.15, 0.2) is 60.0 Å². The van der Waals surface area contributed by atoms with Gasteiger partial charge in [-0.3, -0.25) is 0 Å². The molecule has 0 atom stereocenters. The molecule has 0 saturated heterocycles. The van der Waals surface area contributed by atoms with Crippen molar-refractivity contribution >= 4 is 84.3 Å². The van der Waals surface area contributed by atoms with Crippen molar-refractivity contribution in [3.05, 3.63) is 60.0 Å². The highest BCUT2D eigenvalue weighted by atomic mass is 32.1. The smallest absolute Gasteiger partial charge is 0.0536 e. The largest absolute Gasteiger partial charge is 0.142 e. The third-order valence-corrected chi connectivity index (χ3v) is 9.04. The van der Waals surface area contributed by atoms with Gasteiger partial charge in [-0.25, -0.2) is 0 Å². The van der Waals surface area contributed by atoms with Gasteiger partial charge in [0.05, 0.1) is 9.40 Å². The lowest BCUT2D eigenvalue weighted by molar-refractivity contribution is 1.70. The van der Waals surface area contributed by atoms with Gasteiger partial charge in [0.2, 0.25) is 0 Å². The molecule has 0 unspecified atom stereocenters. The molecule has 4 heteroatoms. The highest BCUT2D eigenvalue weighted by molar-refractivity contribution is 7.35. The number of rotatable bonds is 1. The normalized spacial score (nSPS) is 12.2. The van der Waals surface area contributed by atoms with Crippen LogP contribution in [0.1, 0.15) is 0 Å². The second kappa shape index (κ2) is 4.90. The summed E-state index contributed by atoms with van der Waals surface area (Å²) in [5, 5.41) is 5.04. The molecule has 0 amide bonds. The zero-order valence-electron chi connectivity index (χ0n) is 12.4. The van der Waals surface area contributed by atoms with E-state index in [9.17, 15) is 0 Å². The van der Waals surface area contributed by atoms with Crippen LogP contribution in [0.2, 0.25) is 0 Å². The predicted molar refractivity (Wildman–Crippen MR) is 113 cm³/mol. The SMILES string of the molecule is c1ccc(-c2cc3sc4cc5c(cc4c3s2)sc2ccsc25)cc1. The van der Waals surface area contributed by atoms with Crippen LogP contribution in [-0.2, 0) is 0 Å². The number of hydrogen-bond donors (Lipinski definition) is 0. The molecule has 0 fully saturated rings. The Balaban J connectivity index is 1.66. The first-order valence-corrected chi connectivity index (χ1v) is 11.0. The van der Waals surface area contributed by atoms with Crippen molar-refractivity contribution in [1.82, 2.24) is 0 Å². The molecule has 24 heavy (non-hydrogen) atoms. The third-order valence-electron chi connectivity index (χ3n) is 4.40. The van der Waals surface area contributed by atoms with E-state index in [1.807, 2.05) is 45.3 Å². The van der Waals surface area contributed by atoms with Gasteiger partial charge in [-0.2, -0.15) is 0 Å². The molecule has 0 aliphatic heterocycles. The second-order valence-electron chi connectivity index (χ2n) is 5.83. The molecule has 0 nitrogen and oxygen atoms in total. The van der Waals surface area contributed by atoms with Crippen LogP contribution >= 0.6 is 45.3 Å². The van der Waals surface area contributed by atoms with E-state index < -0.39 is 0 Å². The summed E-state index contributed by atoms with van der Waals surface area (Å²) in [5.74, 6) is 0. The fourth-order valence-corrected chi connectivity index (χ4v) is 8.08. The number of hydrogen-bond acceptors (Lipinski definition) is 4. The fraction of sp³-hybridized carbons (Fsp3) is 0. The topological polar surface area (TPSA) is 0 Å². The second-order valence-corrected chi connectivity index (χ2v) is 9.97. The van der Waals surface area contributed by atoms with Crippen LogP contribution in [0.4, 0.5) is 0 Å². The first-order chi connectivity index (χ1) is 11.9. The molecule has 0 spiro atoms. The summed E-state index contributed by atoms with van der Waals surface area (Å²) in [5.41, 5.74) is 1.32. The van der Waals surface area contributed by atoms with E-state index in [1.165, 1.54) is 49.4 Å². The molecule has 0 aliphatic carbocycles. The molecule has 6 rings (SSSR count). The Labute approximate surface area is 154 Å². The van der Waals surface area contributed by atoms with E-state index >= 15 is 0 Å². The van der Waals surface area contributed by atoms with Crippen molar-refractivity contribution in [1.29, 1.82) is 0 Å². The van der Waals surface area contributed by atoms with Gasteiger partial charge in [0.15, 0.2) is 0 Å². The molecule has 0 N–H and O–H groups in total. The summed E-state index contributed by atoms with van der Waals surface area (Å²) in [6, 6.07) is 20.1. The highest BCUT2D eigenvalue weighted by Crippen LogP contribution is 2.46. The lowest BCUT2D eigenvalue weighted by atomic mass is 10.2. The standard InChI is InChI=1S/C20H10S4/c1-2-4-11(5-3-1)15-10-18-20(24-15)13-9-16-12(8-17(13)23-18)19-14(22-16)6-7-21-19/h1-10H. The summed E-state index contributed by atoms with van der Waals surface area (Å²) in [4.78, 5) is 1.37. The van der Waals surface area contributed by atoms with E-state index in [1.54, 1.807) is 0 Å². The van der Waals surface area contributed by atoms with Crippen molar-refractivity contribution < 1.29 is 0 Å². The molecule has 6 aromatic rings. The molecule has 114 valence electrons. The molecule has 0 bridgehead atoms. The zero-order chi connectivity index (χ0) is 15.7. The van der Waals surface area contributed by atoms with E-state index in [0.29, 0.717) is 0 Å². The molecule has 0 aliphatic rings. The molecular weight excluding hydrogens is 368 g/mol. The minimum Gasteiger partial charge on any atom is -0.142 e. The van der Waals surface area contributed by atoms with Crippen LogP contribution in [0.3, 0.4) is 0 Å². The predicted octanol–water partition coefficient (Wildman–Crippen LogP) is 8.21. The van der Waals surface area contributed by atoms with Crippen LogP contribution in [0.5, 0.6) is 0 Å². The van der Waals surface area contributed by atoms with Crippen LogP contribution in [-0.4, -0.2) is 0 Å². The van der Waals surface area contributed by atoms with Crippen molar-refractivity contribution in [3.8, 4) is 10.4 Å². The first-order valence-electron chi connectivity index (χ1n) is 7.68. The van der Waals surface area contributed by atoms with Gasteiger partial charge in [0.25, 0.3) is 0 Å². The maximum Gasteiger partial charge on any atom is 0.0536 e. The summed E-state index contributed by atoms with van der Waals surface area (Å²) in [7, 11) is 0. The van der Waals surface area contributed by atoms with Gasteiger partial charge in [0, 0.05) is 34.4 Å². The lowest BCUT2D eigenvalue weighted by Gasteiger charge is -1.95. The highest BCUT2D eigenvalue weighted by Gasteiger charge is 2.14. The van der Waals surface area contributed by atoms with Crippen LogP contribution in [0.25, 0.3) is 49.4 Å². The summed E-state index contributed by atoms with van der Waals surface area (Å²) in [6.45, 7) is 0. The Bertz CT molecular complexity index is 1340. The van der Waals surface area contributed by atoms with E-state index in [2.05, 4.69) is 60.0 Å². The van der Waals surface area contributed by atoms with Gasteiger partial charge in [-0.15, -0.1) is 45.3 Å². The van der Waals surface area contributed by atoms with Gasteiger partial charge >= 0.3 is 0 Å². The number of benzene rings is 2. The Morgan fingerprint density at radius 1 is 0.583 bits per heavy atom. The maximum absolute atomic E-state index is 2.41. The molecular formula is C20H10S4. The zero-order valence-corrected chi connectivity index (χ0v) is 15.7. The van der Waals surface area contributed by atoms with Gasteiger partial charge in [-0.1, -0.05) is 30.3 Å². The third kappa shape index (κ3) is 1.82. The molecule has 4 aromatic heterocycles. The number of fused-ring (bicyclic) bond motifs is 6. The Morgan fingerprint density at radius 3 is 2.17 bits per heavy atom. The minimum atomic E-state index is 1.32. The van der Waals surface area contributed by atoms with Crippen LogP contribution in [0, 0.1) is 0 Å². The van der Waals surface area contributed by atoms with Crippen LogP contribution < -0.4 is 0 Å². The molecule has 0 radical (unpaired) electrons. The minimum absolute atomic E-state index is 1.32. The molecule has 0 saturated carbocycles. The Morgan fingerprint density at radius 2 is 1.33 bits per heavy atom. The first kappa shape index (κ1) is 13.6. The maximum atomic E-state index is 2.41. The summed E-state index contributed by atoms with van der Waals surface area (Å²) >= 11 is 7.62. The lowest BCUT2D eigenvalue weighted by Crippen LogP contribution is -1.68. The van der Waals surface area contributed by atoms with E-state index in [-0.39, 0.29) is 0 Å². The van der Waals surface area contributed by atoms with Crippen molar-refractivity contribution in [2.75, 3.05) is 0 Å². The Kier molecular flexibility index (Phi) is 2.77. The van der Waals surface area contributed by atoms with E-state index in [0.717, 1.165) is 0 Å². The molecule has 2 aromatic carbocycles. The van der Waals surface area contributed by atoms with Crippen molar-refractivity contribution in [2.45, 2.75) is 0 Å². The average molecular weight is 379 g/mol. The summed E-state index contributed by atoms with van der Waals surface area (Å²) < 4.78 is 8.54. The quantitative estimate of drug-likeness (QED) is 0.270. The fourth-order valence-electron chi connectivity index (χ4n) is 3.28. The van der Waals surface area contributed by atoms with Gasteiger partial charge in [-0.05, 0) is 35.2 Å². The Hall–Kier alpha value is -1.72. The van der Waals surface area contributed by atoms with Crippen molar-refractivity contribution in [3.63, 3.8) is 0 Å². The molecule has 4 heterocycles. The number of thiophene rings is 4. The van der Waals surface area contributed by atoms with Gasteiger partial charge < -0.3 is 0 Å². The monoisotopic (exact) mass is 378 g/mol. The van der Waals surface area contributed by atoms with E-state index in [4.69, 9.17) is 0 Å².